The molecule has 4 rings (SSSR count). The molecule has 0 amide bonds. The molecule has 0 atom stereocenters. The van der Waals surface area contributed by atoms with Crippen molar-refractivity contribution in [2.75, 3.05) is 7.11 Å². The van der Waals surface area contributed by atoms with Crippen molar-refractivity contribution in [2.45, 2.75) is 41.5 Å². The molecule has 0 aliphatic rings. The van der Waals surface area contributed by atoms with Crippen LogP contribution in [0.3, 0.4) is 0 Å². The first-order valence-corrected chi connectivity index (χ1v) is 10.0. The predicted octanol–water partition coefficient (Wildman–Crippen LogP) is 7.75. The van der Waals surface area contributed by atoms with E-state index in [1.807, 2.05) is 64.2 Å². The van der Waals surface area contributed by atoms with Gasteiger partial charge >= 0.3 is 0 Å². The largest absolute Gasteiger partial charge is 0.496 e. The number of ether oxygens (including phenoxy) is 1. The Hall–Kier alpha value is -2.87. The fourth-order valence-corrected chi connectivity index (χ4v) is 2.86. The predicted molar refractivity (Wildman–Crippen MR) is 124 cm³/mol. The second-order valence-electron chi connectivity index (χ2n) is 5.78. The maximum absolute atomic E-state index is 5.28. The number of hydrogen-bond acceptors (Lipinski definition) is 2. The average molecular weight is 376 g/mol. The van der Waals surface area contributed by atoms with E-state index in [-0.39, 0.29) is 0 Å². The molecule has 148 valence electrons. The summed E-state index contributed by atoms with van der Waals surface area (Å²) in [5.41, 5.74) is 3.65. The van der Waals surface area contributed by atoms with Crippen molar-refractivity contribution in [1.82, 2.24) is 4.98 Å². The van der Waals surface area contributed by atoms with E-state index in [0.717, 1.165) is 11.3 Å². The van der Waals surface area contributed by atoms with Crippen molar-refractivity contribution in [3.63, 3.8) is 0 Å². The lowest BCUT2D eigenvalue weighted by molar-refractivity contribution is 0.420. The lowest BCUT2D eigenvalue weighted by atomic mass is 10.1. The third kappa shape index (κ3) is 5.82. The molecule has 0 spiro atoms. The molecular formula is C26H33NO. The quantitative estimate of drug-likeness (QED) is 0.339. The summed E-state index contributed by atoms with van der Waals surface area (Å²) in [5.74, 6) is 0.946. The smallest absolute Gasteiger partial charge is 0.126 e. The highest BCUT2D eigenvalue weighted by molar-refractivity contribution is 5.90. The maximum Gasteiger partial charge on any atom is 0.126 e. The Kier molecular flexibility index (Phi) is 10.3. The Bertz CT molecular complexity index is 971. The molecule has 2 heteroatoms. The first-order chi connectivity index (χ1) is 13.7. The van der Waals surface area contributed by atoms with Crippen LogP contribution in [0, 0.1) is 13.8 Å². The fraction of sp³-hybridized carbons (Fsp3) is 0.269. The first-order valence-electron chi connectivity index (χ1n) is 10.0. The Labute approximate surface area is 170 Å². The molecular weight excluding hydrogens is 342 g/mol. The van der Waals surface area contributed by atoms with Crippen LogP contribution in [0.5, 0.6) is 5.75 Å². The summed E-state index contributed by atoms with van der Waals surface area (Å²) in [6.07, 6.45) is 1.82. The van der Waals surface area contributed by atoms with Crippen LogP contribution in [0.2, 0.25) is 0 Å². The topological polar surface area (TPSA) is 22.1 Å². The van der Waals surface area contributed by atoms with Gasteiger partial charge in [0.1, 0.15) is 5.75 Å². The molecule has 4 aromatic rings. The van der Waals surface area contributed by atoms with Crippen molar-refractivity contribution in [2.24, 2.45) is 0 Å². The summed E-state index contributed by atoms with van der Waals surface area (Å²) in [6.45, 7) is 12.2. The Morgan fingerprint density at radius 3 is 1.86 bits per heavy atom. The summed E-state index contributed by atoms with van der Waals surface area (Å²) < 4.78 is 5.28. The molecule has 1 aromatic heterocycles. The number of pyridine rings is 1. The lowest BCUT2D eigenvalue weighted by Gasteiger charge is -2.06. The average Bonchev–Trinajstić information content (AvgIpc) is 2.78. The van der Waals surface area contributed by atoms with Crippen molar-refractivity contribution in [3.8, 4) is 5.75 Å². The second kappa shape index (κ2) is 12.5. The number of fused-ring (bicyclic) bond motifs is 2. The zero-order valence-corrected chi connectivity index (χ0v) is 18.3. The first kappa shape index (κ1) is 23.2. The summed E-state index contributed by atoms with van der Waals surface area (Å²) in [6, 6.07) is 22.6. The van der Waals surface area contributed by atoms with E-state index in [0.29, 0.717) is 0 Å². The zero-order valence-electron chi connectivity index (χ0n) is 18.3. The number of nitrogens with zero attached hydrogens (tertiary/aromatic N) is 1. The molecule has 0 aliphatic heterocycles. The lowest BCUT2D eigenvalue weighted by Crippen LogP contribution is -1.86. The van der Waals surface area contributed by atoms with Crippen LogP contribution in [0.4, 0.5) is 0 Å². The van der Waals surface area contributed by atoms with Gasteiger partial charge in [-0.2, -0.15) is 0 Å². The molecule has 2 nitrogen and oxygen atoms in total. The minimum absolute atomic E-state index is 0.946. The molecule has 1 heterocycles. The third-order valence-corrected chi connectivity index (χ3v) is 4.19. The third-order valence-electron chi connectivity index (χ3n) is 4.19. The molecule has 0 fully saturated rings. The summed E-state index contributed by atoms with van der Waals surface area (Å²) in [4.78, 5) is 4.24. The van der Waals surface area contributed by atoms with E-state index in [1.54, 1.807) is 7.11 Å². The standard InChI is InChI=1S/C12H12O.C10H9N.2C2H6/c1-9-7-8-12(13-2)11-6-4-3-5-10(9)11;1-8-4-2-6-10-9(8)5-3-7-11-10;2*1-2/h3-8H,1-2H3;2-7H,1H3;2*1-2H3. The SMILES string of the molecule is CC.CC.COc1ccc(C)c2ccccc12.Cc1cccc2ncccc12. The summed E-state index contributed by atoms with van der Waals surface area (Å²) in [5, 5.41) is 3.70. The Morgan fingerprint density at radius 2 is 1.21 bits per heavy atom. The number of rotatable bonds is 1. The van der Waals surface area contributed by atoms with Crippen LogP contribution in [-0.2, 0) is 0 Å². The van der Waals surface area contributed by atoms with Crippen LogP contribution < -0.4 is 4.74 Å². The van der Waals surface area contributed by atoms with Crippen LogP contribution in [0.1, 0.15) is 38.8 Å². The van der Waals surface area contributed by atoms with Gasteiger partial charge in [0, 0.05) is 17.0 Å². The molecule has 0 aliphatic carbocycles. The van der Waals surface area contributed by atoms with Crippen molar-refractivity contribution in [1.29, 1.82) is 0 Å². The Morgan fingerprint density at radius 1 is 0.607 bits per heavy atom. The highest BCUT2D eigenvalue weighted by Crippen LogP contribution is 2.27. The zero-order chi connectivity index (χ0) is 20.9. The highest BCUT2D eigenvalue weighted by atomic mass is 16.5. The molecule has 3 aromatic carbocycles. The van der Waals surface area contributed by atoms with Crippen molar-refractivity contribution < 1.29 is 4.74 Å². The fourth-order valence-electron chi connectivity index (χ4n) is 2.86. The summed E-state index contributed by atoms with van der Waals surface area (Å²) in [7, 11) is 1.71. The van der Waals surface area contributed by atoms with Gasteiger partial charge in [0.15, 0.2) is 0 Å². The van der Waals surface area contributed by atoms with Gasteiger partial charge in [0.2, 0.25) is 0 Å². The number of aryl methyl sites for hydroxylation is 2. The monoisotopic (exact) mass is 375 g/mol. The van der Waals surface area contributed by atoms with E-state index < -0.39 is 0 Å². The van der Waals surface area contributed by atoms with Crippen LogP contribution in [0.25, 0.3) is 21.7 Å². The van der Waals surface area contributed by atoms with Gasteiger partial charge in [0.05, 0.1) is 12.6 Å². The number of benzene rings is 3. The number of hydrogen-bond donors (Lipinski definition) is 0. The number of aromatic nitrogens is 1. The molecule has 0 N–H and O–H groups in total. The van der Waals surface area contributed by atoms with Crippen molar-refractivity contribution in [3.05, 3.63) is 84.1 Å². The van der Waals surface area contributed by atoms with Crippen LogP contribution in [0.15, 0.2) is 72.9 Å². The second-order valence-corrected chi connectivity index (χ2v) is 5.78. The molecule has 0 radical (unpaired) electrons. The normalized spacial score (nSPS) is 9.25. The molecule has 28 heavy (non-hydrogen) atoms. The minimum atomic E-state index is 0.946. The van der Waals surface area contributed by atoms with Gasteiger partial charge in [0.25, 0.3) is 0 Å². The van der Waals surface area contributed by atoms with Crippen LogP contribution >= 0.6 is 0 Å². The number of methoxy groups -OCH3 is 1. The van der Waals surface area contributed by atoms with Crippen molar-refractivity contribution >= 4 is 21.7 Å². The maximum atomic E-state index is 5.28. The van der Waals surface area contributed by atoms with E-state index in [4.69, 9.17) is 4.74 Å². The van der Waals surface area contributed by atoms with Gasteiger partial charge in [-0.1, -0.05) is 76.2 Å². The van der Waals surface area contributed by atoms with Gasteiger partial charge in [-0.05, 0) is 48.6 Å². The molecule has 0 saturated heterocycles. The Balaban J connectivity index is 0.000000240. The van der Waals surface area contributed by atoms with Gasteiger partial charge in [-0.25, -0.2) is 0 Å². The van der Waals surface area contributed by atoms with E-state index in [9.17, 15) is 0 Å². The molecule has 0 bridgehead atoms. The van der Waals surface area contributed by atoms with Crippen LogP contribution in [-0.4, -0.2) is 12.1 Å². The minimum Gasteiger partial charge on any atom is -0.496 e. The molecule has 0 saturated carbocycles. The summed E-state index contributed by atoms with van der Waals surface area (Å²) >= 11 is 0. The highest BCUT2D eigenvalue weighted by Gasteiger charge is 2.01. The van der Waals surface area contributed by atoms with E-state index in [1.165, 1.54) is 27.3 Å². The van der Waals surface area contributed by atoms with Gasteiger partial charge in [-0.3, -0.25) is 4.98 Å². The van der Waals surface area contributed by atoms with E-state index in [2.05, 4.69) is 55.2 Å². The van der Waals surface area contributed by atoms with Gasteiger partial charge < -0.3 is 4.74 Å². The molecule has 0 unspecified atom stereocenters. The van der Waals surface area contributed by atoms with Gasteiger partial charge in [-0.15, -0.1) is 0 Å². The van der Waals surface area contributed by atoms with E-state index >= 15 is 0 Å².